The molecule has 0 saturated heterocycles. The average molecular weight is 247 g/mol. The number of benzene rings is 1. The number of rotatable bonds is 4. The van der Waals surface area contributed by atoms with Crippen LogP contribution >= 0.6 is 0 Å². The van der Waals surface area contributed by atoms with Gasteiger partial charge in [0.1, 0.15) is 5.69 Å². The van der Waals surface area contributed by atoms with E-state index in [-0.39, 0.29) is 11.1 Å². The molecule has 6 nitrogen and oxygen atoms in total. The Balaban J connectivity index is 2.56. The van der Waals surface area contributed by atoms with Gasteiger partial charge in [0.25, 0.3) is 0 Å². The summed E-state index contributed by atoms with van der Waals surface area (Å²) >= 11 is 0. The van der Waals surface area contributed by atoms with E-state index in [1.54, 1.807) is 18.2 Å². The maximum atomic E-state index is 12.1. The molecule has 0 aliphatic rings. The molecule has 6 heteroatoms. The summed E-state index contributed by atoms with van der Waals surface area (Å²) in [5.74, 6) is 6.41. The fourth-order valence-electron chi connectivity index (χ4n) is 1.87. The highest BCUT2D eigenvalue weighted by molar-refractivity contribution is 5.86. The number of hydrogen-bond donors (Lipinski definition) is 4. The fraction of sp³-hybridized carbons (Fsp3) is 0.250. The molecule has 2 rings (SSSR count). The molecule has 18 heavy (non-hydrogen) atoms. The first-order valence-electron chi connectivity index (χ1n) is 5.79. The lowest BCUT2D eigenvalue weighted by atomic mass is 10.2. The van der Waals surface area contributed by atoms with E-state index >= 15 is 0 Å². The van der Waals surface area contributed by atoms with Crippen LogP contribution in [-0.4, -0.2) is 17.8 Å². The van der Waals surface area contributed by atoms with Crippen molar-refractivity contribution in [3.63, 3.8) is 0 Å². The highest BCUT2D eigenvalue weighted by Gasteiger charge is 2.12. The number of hydrogen-bond acceptors (Lipinski definition) is 5. The van der Waals surface area contributed by atoms with Crippen LogP contribution in [-0.2, 0) is 0 Å². The van der Waals surface area contributed by atoms with Crippen LogP contribution in [0.3, 0.4) is 0 Å². The zero-order valence-corrected chi connectivity index (χ0v) is 10.0. The lowest BCUT2D eigenvalue weighted by Crippen LogP contribution is -2.25. The fourth-order valence-corrected chi connectivity index (χ4v) is 1.87. The van der Waals surface area contributed by atoms with Crippen LogP contribution in [0.5, 0.6) is 0 Å². The molecule has 0 bridgehead atoms. The largest absolute Gasteiger partial charge is 0.393 e. The normalized spacial score (nSPS) is 10.7. The number of pyridine rings is 1. The number of anilines is 2. The number of nitrogens with zero attached hydrogens (tertiary/aromatic N) is 1. The van der Waals surface area contributed by atoms with Crippen molar-refractivity contribution in [1.29, 1.82) is 0 Å². The van der Waals surface area contributed by atoms with Crippen LogP contribution < -0.4 is 28.1 Å². The monoisotopic (exact) mass is 247 g/mol. The molecule has 1 heterocycles. The number of nitrogens with two attached hydrogens (primary N) is 3. The van der Waals surface area contributed by atoms with E-state index in [0.29, 0.717) is 29.8 Å². The molecule has 1 aromatic carbocycles. The molecule has 7 N–H and O–H groups in total. The molecule has 0 aliphatic carbocycles. The smallest absolute Gasteiger partial charge is 0.214 e. The lowest BCUT2D eigenvalue weighted by molar-refractivity contribution is 0.862. The topological polar surface area (TPSA) is 112 Å². The summed E-state index contributed by atoms with van der Waals surface area (Å²) in [6.07, 6.45) is 0.778. The van der Waals surface area contributed by atoms with Crippen molar-refractivity contribution in [1.82, 2.24) is 4.68 Å². The number of fused-ring (bicyclic) bond motifs is 1. The molecule has 1 aromatic heterocycles. The molecule has 96 valence electrons. The van der Waals surface area contributed by atoms with Gasteiger partial charge in [-0.3, -0.25) is 4.79 Å². The minimum atomic E-state index is -0.206. The summed E-state index contributed by atoms with van der Waals surface area (Å²) in [7, 11) is 0. The molecule has 2 aromatic rings. The second-order valence-electron chi connectivity index (χ2n) is 4.05. The number of nitrogens with one attached hydrogen (secondary N) is 1. The highest BCUT2D eigenvalue weighted by Crippen LogP contribution is 2.19. The second kappa shape index (κ2) is 4.97. The Morgan fingerprint density at radius 1 is 1.28 bits per heavy atom. The van der Waals surface area contributed by atoms with E-state index in [1.165, 1.54) is 4.68 Å². The summed E-state index contributed by atoms with van der Waals surface area (Å²) in [4.78, 5) is 12.1. The Kier molecular flexibility index (Phi) is 3.38. The third-order valence-electron chi connectivity index (χ3n) is 2.82. The Labute approximate surface area is 104 Å². The first kappa shape index (κ1) is 12.3. The average Bonchev–Trinajstić information content (AvgIpc) is 2.40. The molecular weight excluding hydrogens is 230 g/mol. The van der Waals surface area contributed by atoms with Crippen molar-refractivity contribution in [3.8, 4) is 0 Å². The van der Waals surface area contributed by atoms with Gasteiger partial charge < -0.3 is 22.6 Å². The molecular formula is C12H17N5O. The quantitative estimate of drug-likeness (QED) is 0.451. The van der Waals surface area contributed by atoms with Gasteiger partial charge in [-0.2, -0.15) is 0 Å². The van der Waals surface area contributed by atoms with Crippen LogP contribution in [0.2, 0.25) is 0 Å². The van der Waals surface area contributed by atoms with Crippen LogP contribution in [0.4, 0.5) is 11.5 Å². The molecule has 0 fully saturated rings. The van der Waals surface area contributed by atoms with Crippen molar-refractivity contribution >= 4 is 22.4 Å². The summed E-state index contributed by atoms with van der Waals surface area (Å²) in [6.45, 7) is 1.19. The Bertz CT molecular complexity index is 620. The lowest BCUT2D eigenvalue weighted by Gasteiger charge is -2.15. The predicted molar refractivity (Wildman–Crippen MR) is 74.9 cm³/mol. The SMILES string of the molecule is NCCCNc1c(N)c(=O)c2ccccc2n1N. The molecule has 0 radical (unpaired) electrons. The van der Waals surface area contributed by atoms with Crippen molar-refractivity contribution in [2.45, 2.75) is 6.42 Å². The minimum Gasteiger partial charge on any atom is -0.393 e. The summed E-state index contributed by atoms with van der Waals surface area (Å²) in [6, 6.07) is 7.10. The van der Waals surface area contributed by atoms with Crippen molar-refractivity contribution in [3.05, 3.63) is 34.5 Å². The van der Waals surface area contributed by atoms with Crippen molar-refractivity contribution in [2.75, 3.05) is 30.0 Å². The van der Waals surface area contributed by atoms with Crippen LogP contribution in [0.1, 0.15) is 6.42 Å². The maximum Gasteiger partial charge on any atom is 0.214 e. The molecule has 0 spiro atoms. The van der Waals surface area contributed by atoms with Gasteiger partial charge in [0.2, 0.25) is 5.43 Å². The standard InChI is InChI=1S/C12H17N5O/c13-6-3-7-16-12-10(14)11(18)8-4-1-2-5-9(8)17(12)15/h1-2,4-5,16H,3,6-7,13-15H2. The zero-order chi connectivity index (χ0) is 13.1. The minimum absolute atomic E-state index is 0.133. The Hall–Kier alpha value is -2.21. The highest BCUT2D eigenvalue weighted by atomic mass is 16.1. The van der Waals surface area contributed by atoms with Crippen molar-refractivity contribution in [2.24, 2.45) is 5.73 Å². The summed E-state index contributed by atoms with van der Waals surface area (Å²) in [5.41, 5.74) is 11.8. The van der Waals surface area contributed by atoms with E-state index in [9.17, 15) is 4.79 Å². The van der Waals surface area contributed by atoms with E-state index in [1.807, 2.05) is 6.07 Å². The predicted octanol–water partition coefficient (Wildman–Crippen LogP) is 0.0582. The maximum absolute atomic E-state index is 12.1. The van der Waals surface area contributed by atoms with E-state index in [4.69, 9.17) is 17.3 Å². The van der Waals surface area contributed by atoms with Crippen LogP contribution in [0.15, 0.2) is 29.1 Å². The van der Waals surface area contributed by atoms with E-state index < -0.39 is 0 Å². The molecule has 0 saturated carbocycles. The number of para-hydroxylation sites is 1. The van der Waals surface area contributed by atoms with E-state index in [0.717, 1.165) is 6.42 Å². The zero-order valence-electron chi connectivity index (χ0n) is 10.0. The summed E-state index contributed by atoms with van der Waals surface area (Å²) in [5, 5.41) is 3.56. The van der Waals surface area contributed by atoms with Gasteiger partial charge in [0, 0.05) is 11.9 Å². The van der Waals surface area contributed by atoms with Gasteiger partial charge in [0.05, 0.1) is 5.52 Å². The first-order chi connectivity index (χ1) is 8.66. The Morgan fingerprint density at radius 2 is 2.00 bits per heavy atom. The number of aromatic nitrogens is 1. The third-order valence-corrected chi connectivity index (χ3v) is 2.82. The van der Waals surface area contributed by atoms with Crippen LogP contribution in [0, 0.1) is 0 Å². The second-order valence-corrected chi connectivity index (χ2v) is 4.05. The molecule has 0 unspecified atom stereocenters. The van der Waals surface area contributed by atoms with Gasteiger partial charge in [-0.05, 0) is 25.1 Å². The molecule has 0 aliphatic heterocycles. The Morgan fingerprint density at radius 3 is 2.72 bits per heavy atom. The van der Waals surface area contributed by atoms with Crippen LogP contribution in [0.25, 0.3) is 10.9 Å². The first-order valence-corrected chi connectivity index (χ1v) is 5.79. The third kappa shape index (κ3) is 1.98. The van der Waals surface area contributed by atoms with Gasteiger partial charge in [-0.15, -0.1) is 0 Å². The van der Waals surface area contributed by atoms with E-state index in [2.05, 4.69) is 5.32 Å². The molecule has 0 atom stereocenters. The van der Waals surface area contributed by atoms with Gasteiger partial charge in [0.15, 0.2) is 5.82 Å². The van der Waals surface area contributed by atoms with Gasteiger partial charge in [-0.25, -0.2) is 4.68 Å². The number of nitrogen functional groups attached to an aromatic ring is 2. The summed E-state index contributed by atoms with van der Waals surface area (Å²) < 4.78 is 1.41. The van der Waals surface area contributed by atoms with Gasteiger partial charge in [-0.1, -0.05) is 12.1 Å². The van der Waals surface area contributed by atoms with Gasteiger partial charge >= 0.3 is 0 Å². The molecule has 0 amide bonds. The van der Waals surface area contributed by atoms with Crippen molar-refractivity contribution < 1.29 is 0 Å².